The highest BCUT2D eigenvalue weighted by Gasteiger charge is 2.33. The number of amides is 1. The molecule has 0 unspecified atom stereocenters. The van der Waals surface area contributed by atoms with Gasteiger partial charge in [0, 0.05) is 25.9 Å². The molecular weight excluding hydrogens is 461 g/mol. The third-order valence-corrected chi connectivity index (χ3v) is 4.69. The van der Waals surface area contributed by atoms with Crippen LogP contribution in [0.1, 0.15) is 11.3 Å². The minimum atomic E-state index is -4.67. The van der Waals surface area contributed by atoms with Crippen molar-refractivity contribution in [2.75, 3.05) is 23.4 Å². The van der Waals surface area contributed by atoms with Crippen LogP contribution in [0, 0.1) is 18.6 Å². The number of nitrogens with zero attached hydrogens (tertiary/aromatic N) is 7. The Morgan fingerprint density at radius 2 is 1.84 bits per heavy atom. The van der Waals surface area contributed by atoms with Gasteiger partial charge in [-0.3, -0.25) is 9.69 Å². The Kier molecular flexibility index (Phi) is 6.30. The van der Waals surface area contributed by atoms with E-state index in [-0.39, 0.29) is 23.1 Å². The third kappa shape index (κ3) is 4.77. The Balaban J connectivity index is 2.02. The molecule has 0 saturated carbocycles. The number of carbonyl (C=O) groups excluding carboxylic acids is 1. The van der Waals surface area contributed by atoms with Crippen molar-refractivity contribution >= 4 is 35.0 Å². The summed E-state index contributed by atoms with van der Waals surface area (Å²) in [5.74, 6) is -3.19. The van der Waals surface area contributed by atoms with E-state index >= 15 is 0 Å². The van der Waals surface area contributed by atoms with Crippen LogP contribution in [-0.2, 0) is 18.0 Å². The smallest absolute Gasteiger partial charge is 0.311 e. The first-order valence-corrected chi connectivity index (χ1v) is 9.23. The molecule has 0 aliphatic carbocycles. The molecule has 1 amide bonds. The summed E-state index contributed by atoms with van der Waals surface area (Å²) in [7, 11) is 2.61. The summed E-state index contributed by atoms with van der Waals surface area (Å²) < 4.78 is 68.7. The van der Waals surface area contributed by atoms with Crippen molar-refractivity contribution in [3.63, 3.8) is 0 Å². The summed E-state index contributed by atoms with van der Waals surface area (Å²) in [5, 5.41) is 10.4. The number of aryl methyl sites for hydroxylation is 2. The standard InChI is InChI=1S/C18H15ClF5N7O/c1-9-4-10(18(22,23)24)5-15(25-9)31(17-26-27-28-30(17)3)8-16(32)29(2)14-6-11(19)12(20)7-13(14)21/h4-7H,8H2,1-3H3. The van der Waals surface area contributed by atoms with E-state index in [1.54, 1.807) is 0 Å². The van der Waals surface area contributed by atoms with Gasteiger partial charge in [-0.05, 0) is 35.5 Å². The minimum absolute atomic E-state index is 0.0344. The lowest BCUT2D eigenvalue weighted by Gasteiger charge is -2.25. The fraction of sp³-hybridized carbons (Fsp3) is 0.278. The normalized spacial score (nSPS) is 11.5. The lowest BCUT2D eigenvalue weighted by atomic mass is 10.2. The second-order valence-corrected chi connectivity index (χ2v) is 7.12. The van der Waals surface area contributed by atoms with Crippen LogP contribution in [-0.4, -0.2) is 44.7 Å². The van der Waals surface area contributed by atoms with Crippen molar-refractivity contribution < 1.29 is 26.7 Å². The van der Waals surface area contributed by atoms with E-state index in [1.165, 1.54) is 21.0 Å². The molecule has 0 N–H and O–H groups in total. The minimum Gasteiger partial charge on any atom is -0.311 e. The molecule has 3 rings (SSSR count). The van der Waals surface area contributed by atoms with Crippen molar-refractivity contribution in [2.24, 2.45) is 7.05 Å². The fourth-order valence-electron chi connectivity index (χ4n) is 2.81. The molecule has 0 radical (unpaired) electrons. The topological polar surface area (TPSA) is 80.0 Å². The summed E-state index contributed by atoms with van der Waals surface area (Å²) in [4.78, 5) is 18.9. The van der Waals surface area contributed by atoms with E-state index in [0.29, 0.717) is 6.07 Å². The number of alkyl halides is 3. The largest absolute Gasteiger partial charge is 0.416 e. The number of likely N-dealkylation sites (N-methyl/N-ethyl adjacent to an activating group) is 1. The predicted molar refractivity (Wildman–Crippen MR) is 105 cm³/mol. The summed E-state index contributed by atoms with van der Waals surface area (Å²) in [6.07, 6.45) is -4.67. The zero-order valence-corrected chi connectivity index (χ0v) is 17.6. The van der Waals surface area contributed by atoms with Crippen molar-refractivity contribution in [1.29, 1.82) is 0 Å². The Bertz CT molecular complexity index is 1170. The van der Waals surface area contributed by atoms with Crippen molar-refractivity contribution in [3.05, 3.63) is 52.2 Å². The molecule has 0 bridgehead atoms. The lowest BCUT2D eigenvalue weighted by Crippen LogP contribution is -2.38. The number of pyridine rings is 1. The van der Waals surface area contributed by atoms with Gasteiger partial charge < -0.3 is 4.90 Å². The first kappa shape index (κ1) is 23.3. The van der Waals surface area contributed by atoms with Gasteiger partial charge in [0.1, 0.15) is 24.0 Å². The molecule has 0 atom stereocenters. The summed E-state index contributed by atoms with van der Waals surface area (Å²) >= 11 is 5.68. The second kappa shape index (κ2) is 8.65. The number of aromatic nitrogens is 5. The van der Waals surface area contributed by atoms with Gasteiger partial charge in [0.25, 0.3) is 5.95 Å². The maximum absolute atomic E-state index is 14.2. The SMILES string of the molecule is Cc1cc(C(F)(F)F)cc(N(CC(=O)N(C)c2cc(Cl)c(F)cc2F)c2nnnn2C)n1. The number of carbonyl (C=O) groups is 1. The van der Waals surface area contributed by atoms with Crippen LogP contribution in [0.5, 0.6) is 0 Å². The Morgan fingerprint density at radius 1 is 1.16 bits per heavy atom. The van der Waals surface area contributed by atoms with E-state index in [2.05, 4.69) is 20.5 Å². The summed E-state index contributed by atoms with van der Waals surface area (Å²) in [6, 6.07) is 3.03. The third-order valence-electron chi connectivity index (χ3n) is 4.40. The van der Waals surface area contributed by atoms with Gasteiger partial charge in [0.15, 0.2) is 0 Å². The maximum Gasteiger partial charge on any atom is 0.416 e. The van der Waals surface area contributed by atoms with Crippen LogP contribution in [0.3, 0.4) is 0 Å². The first-order chi connectivity index (χ1) is 14.9. The Morgan fingerprint density at radius 3 is 2.44 bits per heavy atom. The van der Waals surface area contributed by atoms with Gasteiger partial charge in [-0.25, -0.2) is 18.4 Å². The molecule has 0 saturated heterocycles. The van der Waals surface area contributed by atoms with Crippen LogP contribution < -0.4 is 9.80 Å². The van der Waals surface area contributed by atoms with Gasteiger partial charge in [0.2, 0.25) is 5.91 Å². The first-order valence-electron chi connectivity index (χ1n) is 8.85. The number of tetrazole rings is 1. The maximum atomic E-state index is 14.2. The number of benzene rings is 1. The molecule has 3 aromatic rings. The van der Waals surface area contributed by atoms with Gasteiger partial charge in [-0.2, -0.15) is 13.2 Å². The second-order valence-electron chi connectivity index (χ2n) is 6.71. The van der Waals surface area contributed by atoms with E-state index in [9.17, 15) is 26.7 Å². The average Bonchev–Trinajstić information content (AvgIpc) is 3.12. The Labute approximate surface area is 183 Å². The van der Waals surface area contributed by atoms with Gasteiger partial charge in [-0.1, -0.05) is 16.7 Å². The van der Waals surface area contributed by atoms with E-state index in [4.69, 9.17) is 11.6 Å². The number of hydrogen-bond acceptors (Lipinski definition) is 6. The summed E-state index contributed by atoms with van der Waals surface area (Å²) in [6.45, 7) is 0.739. The monoisotopic (exact) mass is 475 g/mol. The number of rotatable bonds is 5. The van der Waals surface area contributed by atoms with Crippen LogP contribution in [0.2, 0.25) is 5.02 Å². The van der Waals surface area contributed by atoms with E-state index in [0.717, 1.165) is 32.7 Å². The molecule has 1 aromatic carbocycles. The van der Waals surface area contributed by atoms with Gasteiger partial charge in [-0.15, -0.1) is 0 Å². The zero-order valence-electron chi connectivity index (χ0n) is 16.8. The average molecular weight is 476 g/mol. The van der Waals surface area contributed by atoms with Crippen molar-refractivity contribution in [3.8, 4) is 0 Å². The number of hydrogen-bond donors (Lipinski definition) is 0. The molecular formula is C18H15ClF5N7O. The van der Waals surface area contributed by atoms with E-state index < -0.39 is 40.8 Å². The van der Waals surface area contributed by atoms with Crippen LogP contribution in [0.4, 0.5) is 39.4 Å². The quantitative estimate of drug-likeness (QED) is 0.414. The summed E-state index contributed by atoms with van der Waals surface area (Å²) in [5.41, 5.74) is -1.28. The molecule has 2 heterocycles. The molecule has 0 fully saturated rings. The molecule has 0 spiro atoms. The molecule has 2 aromatic heterocycles. The molecule has 0 aliphatic heterocycles. The number of anilines is 3. The molecule has 32 heavy (non-hydrogen) atoms. The molecule has 14 heteroatoms. The zero-order chi connectivity index (χ0) is 23.8. The van der Waals surface area contributed by atoms with Gasteiger partial charge in [0.05, 0.1) is 16.3 Å². The van der Waals surface area contributed by atoms with Crippen LogP contribution in [0.25, 0.3) is 0 Å². The van der Waals surface area contributed by atoms with Crippen molar-refractivity contribution in [1.82, 2.24) is 25.2 Å². The van der Waals surface area contributed by atoms with Crippen LogP contribution in [0.15, 0.2) is 24.3 Å². The van der Waals surface area contributed by atoms with Crippen LogP contribution >= 0.6 is 11.6 Å². The fourth-order valence-corrected chi connectivity index (χ4v) is 2.96. The highest BCUT2D eigenvalue weighted by atomic mass is 35.5. The number of halogens is 6. The molecule has 170 valence electrons. The lowest BCUT2D eigenvalue weighted by molar-refractivity contribution is -0.137. The van der Waals surface area contributed by atoms with Crippen molar-refractivity contribution in [2.45, 2.75) is 13.1 Å². The Hall–Kier alpha value is -3.35. The van der Waals surface area contributed by atoms with Gasteiger partial charge >= 0.3 is 6.18 Å². The molecule has 8 nitrogen and oxygen atoms in total. The highest BCUT2D eigenvalue weighted by molar-refractivity contribution is 6.31. The van der Waals surface area contributed by atoms with E-state index in [1.807, 2.05) is 0 Å². The predicted octanol–water partition coefficient (Wildman–Crippen LogP) is 3.67. The highest BCUT2D eigenvalue weighted by Crippen LogP contribution is 2.33. The molecule has 0 aliphatic rings.